The highest BCUT2D eigenvalue weighted by Gasteiger charge is 2.30. The third kappa shape index (κ3) is 6.45. The Bertz CT molecular complexity index is 704. The van der Waals surface area contributed by atoms with Gasteiger partial charge in [0.1, 0.15) is 12.8 Å². The molecule has 0 spiro atoms. The number of carboxylic acid groups (broad SMARTS) is 2. The van der Waals surface area contributed by atoms with Crippen LogP contribution in [0.1, 0.15) is 30.1 Å². The fraction of sp³-hybridized carbons (Fsp3) is 0.286. The summed E-state index contributed by atoms with van der Waals surface area (Å²) in [6.07, 6.45) is -1.92. The lowest BCUT2D eigenvalue weighted by Gasteiger charge is -2.05. The maximum atomic E-state index is 13.0. The van der Waals surface area contributed by atoms with Crippen LogP contribution in [0.15, 0.2) is 0 Å². The lowest BCUT2D eigenvalue weighted by atomic mass is 10.1. The van der Waals surface area contributed by atoms with Crippen molar-refractivity contribution in [1.82, 2.24) is 0 Å². The number of rotatable bonds is 6. The Hall–Kier alpha value is -3.05. The fourth-order valence-electron chi connectivity index (χ4n) is 1.41. The third-order valence-electron chi connectivity index (χ3n) is 2.40. The van der Waals surface area contributed by atoms with Gasteiger partial charge in [0.2, 0.25) is 5.82 Å². The van der Waals surface area contributed by atoms with E-state index in [-0.39, 0.29) is 6.61 Å². The lowest BCUT2D eigenvalue weighted by Crippen LogP contribution is -2.15. The fourth-order valence-corrected chi connectivity index (χ4v) is 1.41. The van der Waals surface area contributed by atoms with Gasteiger partial charge in [-0.15, -0.1) is 0 Å². The zero-order valence-electron chi connectivity index (χ0n) is 12.9. The topological polar surface area (TPSA) is 118 Å². The molecule has 0 saturated heterocycles. The van der Waals surface area contributed by atoms with Gasteiger partial charge >= 0.3 is 17.9 Å². The molecule has 0 saturated carbocycles. The summed E-state index contributed by atoms with van der Waals surface area (Å²) in [5.74, 6) is -17.0. The predicted molar refractivity (Wildman–Crippen MR) is 71.7 cm³/mol. The van der Waals surface area contributed by atoms with Crippen molar-refractivity contribution in [3.63, 3.8) is 0 Å². The highest BCUT2D eigenvalue weighted by atomic mass is 19.2. The van der Waals surface area contributed by atoms with Gasteiger partial charge in [-0.25, -0.2) is 22.0 Å². The Morgan fingerprint density at radius 3 is 1.50 bits per heavy atom. The summed E-state index contributed by atoms with van der Waals surface area (Å²) in [4.78, 5) is 41.1. The van der Waals surface area contributed by atoms with Crippen molar-refractivity contribution in [2.45, 2.75) is 19.8 Å². The summed E-state index contributed by atoms with van der Waals surface area (Å²) >= 11 is 0. The minimum Gasteiger partial charge on any atom is -0.481 e. The molecule has 0 radical (unpaired) electrons. The van der Waals surface area contributed by atoms with Crippen molar-refractivity contribution in [1.29, 1.82) is 0 Å². The molecule has 0 bridgehead atoms. The van der Waals surface area contributed by atoms with E-state index in [0.717, 1.165) is 0 Å². The zero-order valence-corrected chi connectivity index (χ0v) is 12.9. The average Bonchev–Trinajstić information content (AvgIpc) is 2.50. The first kappa shape index (κ1) is 23.0. The molecule has 0 aliphatic carbocycles. The molecule has 0 unspecified atom stereocenters. The Balaban J connectivity index is 0.000000590. The van der Waals surface area contributed by atoms with Crippen molar-refractivity contribution in [3.8, 4) is 0 Å². The summed E-state index contributed by atoms with van der Waals surface area (Å²) in [6, 6.07) is 0. The van der Waals surface area contributed by atoms with E-state index in [0.29, 0.717) is 0 Å². The summed E-state index contributed by atoms with van der Waals surface area (Å²) in [5, 5.41) is 16.2. The van der Waals surface area contributed by atoms with Gasteiger partial charge in [0.05, 0.1) is 12.2 Å². The minimum atomic E-state index is -2.41. The number of carbonyl (C=O) groups excluding carboxylic acids is 2. The van der Waals surface area contributed by atoms with E-state index >= 15 is 0 Å². The first-order valence-corrected chi connectivity index (χ1v) is 6.57. The molecule has 144 valence electrons. The Kier molecular flexibility index (Phi) is 8.88. The van der Waals surface area contributed by atoms with E-state index in [1.807, 2.05) is 0 Å². The molecular formula is C14H11F5O7. The van der Waals surface area contributed by atoms with Crippen LogP contribution in [0.5, 0.6) is 0 Å². The molecule has 26 heavy (non-hydrogen) atoms. The molecule has 0 fully saturated rings. The Labute approximate surface area is 142 Å². The largest absolute Gasteiger partial charge is 0.481 e. The summed E-state index contributed by atoms with van der Waals surface area (Å²) < 4.78 is 68.1. The van der Waals surface area contributed by atoms with Crippen LogP contribution in [0.4, 0.5) is 22.0 Å². The highest BCUT2D eigenvalue weighted by Crippen LogP contribution is 2.23. The van der Waals surface area contributed by atoms with Crippen LogP contribution in [-0.2, 0) is 19.1 Å². The van der Waals surface area contributed by atoms with Gasteiger partial charge in [-0.2, -0.15) is 0 Å². The number of esters is 1. The first-order chi connectivity index (χ1) is 11.9. The average molecular weight is 386 g/mol. The van der Waals surface area contributed by atoms with Gasteiger partial charge in [-0.1, -0.05) is 0 Å². The Morgan fingerprint density at radius 2 is 1.15 bits per heavy atom. The molecule has 0 heterocycles. The summed E-state index contributed by atoms with van der Waals surface area (Å²) in [5.41, 5.74) is -1.75. The molecule has 0 aliphatic heterocycles. The van der Waals surface area contributed by atoms with E-state index in [2.05, 4.69) is 4.74 Å². The van der Waals surface area contributed by atoms with Crippen LogP contribution >= 0.6 is 0 Å². The van der Waals surface area contributed by atoms with Crippen molar-refractivity contribution in [2.75, 3.05) is 6.61 Å². The van der Waals surface area contributed by atoms with Gasteiger partial charge in [-0.3, -0.25) is 19.2 Å². The maximum Gasteiger partial charge on any atom is 0.317 e. The minimum absolute atomic E-state index is 0.228. The van der Waals surface area contributed by atoms with Gasteiger partial charge in [0.25, 0.3) is 0 Å². The molecule has 1 aromatic carbocycles. The number of benzene rings is 1. The van der Waals surface area contributed by atoms with Gasteiger partial charge in [0.15, 0.2) is 29.1 Å². The van der Waals surface area contributed by atoms with Crippen molar-refractivity contribution < 1.29 is 56.1 Å². The number of ketones is 1. The predicted octanol–water partition coefficient (Wildman–Crippen LogP) is 2.06. The molecule has 12 heteroatoms. The van der Waals surface area contributed by atoms with Crippen LogP contribution in [0.2, 0.25) is 0 Å². The van der Waals surface area contributed by atoms with Gasteiger partial charge < -0.3 is 14.9 Å². The SMILES string of the molecule is CCOC(=O)CC(=O)O.O=C(O)CC(=O)c1c(F)c(F)c(F)c(F)c1F. The van der Waals surface area contributed by atoms with Crippen LogP contribution in [0.25, 0.3) is 0 Å². The second kappa shape index (κ2) is 10.1. The number of halogens is 5. The summed E-state index contributed by atoms with van der Waals surface area (Å²) in [6.45, 7) is 1.85. The quantitative estimate of drug-likeness (QED) is 0.192. The second-order valence-electron chi connectivity index (χ2n) is 4.31. The van der Waals surface area contributed by atoms with Crippen LogP contribution < -0.4 is 0 Å². The number of ether oxygens (including phenoxy) is 1. The number of carbonyl (C=O) groups is 4. The third-order valence-corrected chi connectivity index (χ3v) is 2.40. The highest BCUT2D eigenvalue weighted by molar-refractivity contribution is 6.05. The van der Waals surface area contributed by atoms with E-state index in [1.54, 1.807) is 6.92 Å². The first-order valence-electron chi connectivity index (χ1n) is 6.57. The van der Waals surface area contributed by atoms with Crippen molar-refractivity contribution in [2.24, 2.45) is 0 Å². The molecule has 0 aliphatic rings. The van der Waals surface area contributed by atoms with E-state index in [9.17, 15) is 41.1 Å². The van der Waals surface area contributed by atoms with Gasteiger partial charge in [-0.05, 0) is 6.92 Å². The monoisotopic (exact) mass is 386 g/mol. The number of aliphatic carboxylic acids is 2. The van der Waals surface area contributed by atoms with Gasteiger partial charge in [0, 0.05) is 0 Å². The molecule has 0 atom stereocenters. The normalized spacial score (nSPS) is 9.77. The van der Waals surface area contributed by atoms with E-state index in [1.165, 1.54) is 0 Å². The number of Topliss-reactive ketones (excluding diaryl/α,β-unsaturated/α-hetero) is 1. The van der Waals surface area contributed by atoms with Crippen LogP contribution in [-0.4, -0.2) is 40.5 Å². The number of hydrogen-bond acceptors (Lipinski definition) is 5. The standard InChI is InChI=1S/C9H3F5O3.C5H8O4/c10-5-4(2(15)1-3(16)17)6(11)8(13)9(14)7(5)12;1-2-9-5(8)3-4(6)7/h1H2,(H,16,17);2-3H2,1H3,(H,6,7). The second-order valence-corrected chi connectivity index (χ2v) is 4.31. The summed E-state index contributed by atoms with van der Waals surface area (Å²) in [7, 11) is 0. The number of carboxylic acids is 2. The molecule has 0 amide bonds. The zero-order chi connectivity index (χ0) is 20.6. The molecule has 1 rings (SSSR count). The molecule has 0 aromatic heterocycles. The van der Waals surface area contributed by atoms with Crippen molar-refractivity contribution >= 4 is 23.7 Å². The smallest absolute Gasteiger partial charge is 0.317 e. The lowest BCUT2D eigenvalue weighted by molar-refractivity contribution is -0.151. The molecular weight excluding hydrogens is 375 g/mol. The maximum absolute atomic E-state index is 13.0. The van der Waals surface area contributed by atoms with Crippen molar-refractivity contribution in [3.05, 3.63) is 34.6 Å². The van der Waals surface area contributed by atoms with Crippen LogP contribution in [0.3, 0.4) is 0 Å². The Morgan fingerprint density at radius 1 is 0.769 bits per heavy atom. The molecule has 1 aromatic rings. The van der Waals surface area contributed by atoms with Crippen LogP contribution in [0, 0.1) is 29.1 Å². The van der Waals surface area contributed by atoms with E-state index < -0.39 is 71.2 Å². The number of hydrogen-bond donors (Lipinski definition) is 2. The molecule has 7 nitrogen and oxygen atoms in total. The molecule has 2 N–H and O–H groups in total. The van der Waals surface area contributed by atoms with E-state index in [4.69, 9.17) is 10.2 Å².